The first-order chi connectivity index (χ1) is 12.5. The van der Waals surface area contributed by atoms with E-state index in [2.05, 4.69) is 11.1 Å². The van der Waals surface area contributed by atoms with Crippen LogP contribution in [0.15, 0.2) is 36.4 Å². The van der Waals surface area contributed by atoms with Gasteiger partial charge in [-0.15, -0.1) is 11.3 Å². The third-order valence-electron chi connectivity index (χ3n) is 3.68. The van der Waals surface area contributed by atoms with E-state index in [1.165, 1.54) is 11.3 Å². The Morgan fingerprint density at radius 1 is 1.15 bits per heavy atom. The molecule has 0 unspecified atom stereocenters. The fourth-order valence-electron chi connectivity index (χ4n) is 2.45. The third-order valence-corrected chi connectivity index (χ3v) is 4.76. The van der Waals surface area contributed by atoms with Crippen LogP contribution < -0.4 is 0 Å². The molecule has 0 atom stereocenters. The number of carbonyl (C=O) groups excluding carboxylic acids is 1. The molecule has 0 N–H and O–H groups in total. The van der Waals surface area contributed by atoms with Crippen molar-refractivity contribution in [2.45, 2.75) is 19.3 Å². The molecule has 0 saturated heterocycles. The number of thiazole rings is 1. The van der Waals surface area contributed by atoms with Crippen LogP contribution in [-0.4, -0.2) is 17.6 Å². The summed E-state index contributed by atoms with van der Waals surface area (Å²) >= 11 is 1.54. The van der Waals surface area contributed by atoms with E-state index in [4.69, 9.17) is 10.00 Å². The molecule has 0 aliphatic heterocycles. The number of hydrogen-bond acceptors (Lipinski definition) is 5. The number of rotatable bonds is 6. The third kappa shape index (κ3) is 4.41. The average Bonchev–Trinajstić information content (AvgIpc) is 3.02. The van der Waals surface area contributed by atoms with Crippen LogP contribution >= 0.6 is 11.3 Å². The molecule has 7 heteroatoms. The monoisotopic (exact) mass is 372 g/mol. The normalized spacial score (nSPS) is 10.7. The molecule has 1 aromatic heterocycles. The Morgan fingerprint density at radius 3 is 2.65 bits per heavy atom. The van der Waals surface area contributed by atoms with Crippen LogP contribution in [0.3, 0.4) is 0 Å². The Bertz CT molecular complexity index is 975. The summed E-state index contributed by atoms with van der Waals surface area (Å²) in [5.41, 5.74) is 1.33. The zero-order valence-electron chi connectivity index (χ0n) is 13.7. The van der Waals surface area contributed by atoms with Gasteiger partial charge in [0.15, 0.2) is 0 Å². The lowest BCUT2D eigenvalue weighted by molar-refractivity contribution is 0.0497. The highest BCUT2D eigenvalue weighted by Gasteiger charge is 2.10. The average molecular weight is 372 g/mol. The predicted molar refractivity (Wildman–Crippen MR) is 93.9 cm³/mol. The largest absolute Gasteiger partial charge is 0.462 e. The van der Waals surface area contributed by atoms with Crippen molar-refractivity contribution in [3.63, 3.8) is 0 Å². The number of aromatic nitrogens is 1. The molecule has 0 saturated carbocycles. The smallest absolute Gasteiger partial charge is 0.338 e. The highest BCUT2D eigenvalue weighted by Crippen LogP contribution is 2.24. The fraction of sp³-hybridized carbons (Fsp3) is 0.211. The maximum atomic E-state index is 13.1. The maximum Gasteiger partial charge on any atom is 0.338 e. The number of hydrogen-bond donors (Lipinski definition) is 0. The first kappa shape index (κ1) is 18.0. The molecule has 2 aromatic carbocycles. The van der Waals surface area contributed by atoms with Gasteiger partial charge in [0, 0.05) is 6.07 Å². The molecule has 0 amide bonds. The number of fused-ring (bicyclic) bond motifs is 1. The Hall–Kier alpha value is -2.85. The predicted octanol–water partition coefficient (Wildman–Crippen LogP) is 4.63. The van der Waals surface area contributed by atoms with Crippen molar-refractivity contribution in [1.82, 2.24) is 4.98 Å². The molecule has 0 aliphatic carbocycles. The molecular weight excluding hydrogens is 358 g/mol. The summed E-state index contributed by atoms with van der Waals surface area (Å²) in [6.07, 6.45) is 2.10. The minimum atomic E-state index is -0.813. The molecule has 3 rings (SSSR count). The Balaban J connectivity index is 1.47. The summed E-state index contributed by atoms with van der Waals surface area (Å²) in [6, 6.07) is 10.1. The molecule has 0 radical (unpaired) electrons. The number of nitrogens with zero attached hydrogens (tertiary/aromatic N) is 2. The van der Waals surface area contributed by atoms with E-state index >= 15 is 0 Å². The second-order valence-corrected chi connectivity index (χ2v) is 6.77. The molecule has 132 valence electrons. The van der Waals surface area contributed by atoms with Crippen LogP contribution in [0, 0.1) is 23.0 Å². The SMILES string of the molecule is N#Cc1ccc2nc(CCCCOC(=O)c3cc(F)cc(F)c3)sc2c1. The molecule has 4 nitrogen and oxygen atoms in total. The van der Waals surface area contributed by atoms with Crippen LogP contribution in [-0.2, 0) is 11.2 Å². The highest BCUT2D eigenvalue weighted by atomic mass is 32.1. The Kier molecular flexibility index (Phi) is 5.54. The topological polar surface area (TPSA) is 63.0 Å². The van der Waals surface area contributed by atoms with Gasteiger partial charge in [0.05, 0.1) is 39.0 Å². The molecule has 3 aromatic rings. The van der Waals surface area contributed by atoms with E-state index in [1.807, 2.05) is 12.1 Å². The van der Waals surface area contributed by atoms with Gasteiger partial charge < -0.3 is 4.74 Å². The number of carbonyl (C=O) groups is 1. The quantitative estimate of drug-likeness (QED) is 0.468. The summed E-state index contributed by atoms with van der Waals surface area (Å²) in [4.78, 5) is 16.3. The zero-order chi connectivity index (χ0) is 18.5. The highest BCUT2D eigenvalue weighted by molar-refractivity contribution is 7.18. The van der Waals surface area contributed by atoms with Crippen LogP contribution in [0.1, 0.15) is 33.8 Å². The number of halogens is 2. The summed E-state index contributed by atoms with van der Waals surface area (Å²) in [5, 5.41) is 9.87. The second-order valence-electron chi connectivity index (χ2n) is 5.65. The first-order valence-corrected chi connectivity index (χ1v) is 8.79. The van der Waals surface area contributed by atoms with Crippen molar-refractivity contribution in [1.29, 1.82) is 5.26 Å². The van der Waals surface area contributed by atoms with E-state index < -0.39 is 17.6 Å². The van der Waals surface area contributed by atoms with Crippen molar-refractivity contribution >= 4 is 27.5 Å². The lowest BCUT2D eigenvalue weighted by atomic mass is 10.2. The standard InChI is InChI=1S/C19H14F2N2O2S/c20-14-8-13(9-15(21)10-14)19(24)25-6-2-1-3-18-23-16-5-4-12(11-22)7-17(16)26-18/h4-5,7-10H,1-3,6H2. The molecule has 0 fully saturated rings. The number of ether oxygens (including phenoxy) is 1. The van der Waals surface area contributed by atoms with E-state index in [0.29, 0.717) is 18.1 Å². The minimum absolute atomic E-state index is 0.137. The number of aryl methyl sites for hydroxylation is 1. The molecule has 0 bridgehead atoms. The van der Waals surface area contributed by atoms with Gasteiger partial charge >= 0.3 is 5.97 Å². The van der Waals surface area contributed by atoms with Gasteiger partial charge in [-0.1, -0.05) is 0 Å². The van der Waals surface area contributed by atoms with Crippen molar-refractivity contribution < 1.29 is 18.3 Å². The van der Waals surface area contributed by atoms with E-state index in [0.717, 1.165) is 40.2 Å². The summed E-state index contributed by atoms with van der Waals surface area (Å²) in [5.74, 6) is -2.37. The molecule has 0 aliphatic rings. The van der Waals surface area contributed by atoms with Crippen molar-refractivity contribution in [2.24, 2.45) is 0 Å². The first-order valence-electron chi connectivity index (χ1n) is 7.98. The van der Waals surface area contributed by atoms with E-state index in [-0.39, 0.29) is 12.2 Å². The Morgan fingerprint density at radius 2 is 1.92 bits per heavy atom. The van der Waals surface area contributed by atoms with Gasteiger partial charge in [-0.3, -0.25) is 0 Å². The lowest BCUT2D eigenvalue weighted by Gasteiger charge is -2.04. The van der Waals surface area contributed by atoms with Gasteiger partial charge in [-0.05, 0) is 49.6 Å². The Labute approximate surface area is 152 Å². The molecule has 1 heterocycles. The van der Waals surface area contributed by atoms with Gasteiger partial charge in [0.1, 0.15) is 11.6 Å². The molecule has 0 spiro atoms. The summed E-state index contributed by atoms with van der Waals surface area (Å²) in [7, 11) is 0. The summed E-state index contributed by atoms with van der Waals surface area (Å²) in [6.45, 7) is 0.167. The number of benzene rings is 2. The van der Waals surface area contributed by atoms with E-state index in [9.17, 15) is 13.6 Å². The van der Waals surface area contributed by atoms with Gasteiger partial charge in [0.25, 0.3) is 0 Å². The van der Waals surface area contributed by atoms with Crippen molar-refractivity contribution in [3.8, 4) is 6.07 Å². The maximum absolute atomic E-state index is 13.1. The van der Waals surface area contributed by atoms with Gasteiger partial charge in [0.2, 0.25) is 0 Å². The molecule has 26 heavy (non-hydrogen) atoms. The van der Waals surface area contributed by atoms with E-state index in [1.54, 1.807) is 6.07 Å². The fourth-order valence-corrected chi connectivity index (χ4v) is 3.50. The summed E-state index contributed by atoms with van der Waals surface area (Å²) < 4.78 is 32.2. The molecular formula is C19H14F2N2O2S. The number of unbranched alkanes of at least 4 members (excludes halogenated alkanes) is 1. The lowest BCUT2D eigenvalue weighted by Crippen LogP contribution is -2.07. The van der Waals surface area contributed by atoms with Crippen molar-refractivity contribution in [2.75, 3.05) is 6.61 Å². The van der Waals surface area contributed by atoms with Crippen LogP contribution in [0.25, 0.3) is 10.2 Å². The van der Waals surface area contributed by atoms with Gasteiger partial charge in [-0.2, -0.15) is 5.26 Å². The zero-order valence-corrected chi connectivity index (χ0v) is 14.5. The number of esters is 1. The second kappa shape index (κ2) is 8.02. The van der Waals surface area contributed by atoms with Crippen LogP contribution in [0.5, 0.6) is 0 Å². The van der Waals surface area contributed by atoms with Crippen LogP contribution in [0.4, 0.5) is 8.78 Å². The number of nitriles is 1. The van der Waals surface area contributed by atoms with Gasteiger partial charge in [-0.25, -0.2) is 18.6 Å². The van der Waals surface area contributed by atoms with Crippen LogP contribution in [0.2, 0.25) is 0 Å². The van der Waals surface area contributed by atoms with Crippen molar-refractivity contribution in [3.05, 3.63) is 64.2 Å². The minimum Gasteiger partial charge on any atom is -0.462 e.